The highest BCUT2D eigenvalue weighted by molar-refractivity contribution is 7.98. The Kier molecular flexibility index (Phi) is 5.46. The molecule has 2 rings (SSSR count). The Morgan fingerprint density at radius 2 is 2.14 bits per heavy atom. The van der Waals surface area contributed by atoms with Crippen LogP contribution in [-0.2, 0) is 11.8 Å². The Labute approximate surface area is 129 Å². The van der Waals surface area contributed by atoms with Crippen LogP contribution in [0.25, 0.3) is 11.0 Å². The molecule has 0 aromatic carbocycles. The molecule has 10 heteroatoms. The molecule has 0 amide bonds. The van der Waals surface area contributed by atoms with E-state index in [2.05, 4.69) is 25.1 Å². The summed E-state index contributed by atoms with van der Waals surface area (Å²) in [5, 5.41) is 9.05. The molecule has 2 aromatic rings. The molecule has 0 saturated heterocycles. The summed E-state index contributed by atoms with van der Waals surface area (Å²) in [6.07, 6.45) is -0.508. The molecule has 0 aliphatic carbocycles. The van der Waals surface area contributed by atoms with E-state index in [1.807, 2.05) is 6.26 Å². The zero-order chi connectivity index (χ0) is 16.2. The molecule has 0 atom stereocenters. The second kappa shape index (κ2) is 7.14. The number of hydrogen-bond donors (Lipinski definition) is 1. The normalized spacial score (nSPS) is 12.0. The van der Waals surface area contributed by atoms with Gasteiger partial charge in [-0.2, -0.15) is 18.3 Å². The van der Waals surface area contributed by atoms with Crippen molar-refractivity contribution in [3.63, 3.8) is 0 Å². The van der Waals surface area contributed by atoms with Crippen LogP contribution in [0.5, 0.6) is 0 Å². The Morgan fingerprint density at radius 1 is 1.36 bits per heavy atom. The van der Waals surface area contributed by atoms with Gasteiger partial charge in [0.1, 0.15) is 23.8 Å². The number of halogens is 3. The number of rotatable bonds is 7. The molecule has 0 bridgehead atoms. The first-order valence-electron chi connectivity index (χ1n) is 6.52. The highest BCUT2D eigenvalue weighted by Gasteiger charge is 2.27. The third kappa shape index (κ3) is 4.23. The van der Waals surface area contributed by atoms with Gasteiger partial charge in [0.05, 0.1) is 5.39 Å². The Hall–Kier alpha value is -1.55. The predicted octanol–water partition coefficient (Wildman–Crippen LogP) is 2.47. The van der Waals surface area contributed by atoms with E-state index in [0.717, 1.165) is 10.4 Å². The van der Waals surface area contributed by atoms with Crippen LogP contribution in [-0.4, -0.2) is 51.9 Å². The van der Waals surface area contributed by atoms with Crippen molar-refractivity contribution in [1.29, 1.82) is 0 Å². The second-order valence-corrected chi connectivity index (χ2v) is 5.30. The monoisotopic (exact) mass is 335 g/mol. The Bertz CT molecular complexity index is 631. The highest BCUT2D eigenvalue weighted by Crippen LogP contribution is 2.28. The molecular formula is C12H16F3N5OS. The molecule has 0 fully saturated rings. The molecule has 0 radical (unpaired) electrons. The number of fused-ring (bicyclic) bond motifs is 1. The molecular weight excluding hydrogens is 319 g/mol. The number of nitrogens with one attached hydrogen (secondary N) is 1. The Balaban J connectivity index is 1.92. The number of thioether (sulfide) groups is 1. The maximum atomic E-state index is 11.9. The molecule has 6 nitrogen and oxygen atoms in total. The SMILES string of the molecule is CSc1nn(C)c2ncnc(NCCCOCC(F)(F)F)c12. The summed E-state index contributed by atoms with van der Waals surface area (Å²) in [5.41, 5.74) is 0.704. The second-order valence-electron chi connectivity index (χ2n) is 4.50. The van der Waals surface area contributed by atoms with Gasteiger partial charge in [0.15, 0.2) is 5.65 Å². The molecule has 0 aliphatic rings. The van der Waals surface area contributed by atoms with Crippen LogP contribution in [0, 0.1) is 0 Å². The zero-order valence-corrected chi connectivity index (χ0v) is 13.0. The van der Waals surface area contributed by atoms with Crippen LogP contribution >= 0.6 is 11.8 Å². The van der Waals surface area contributed by atoms with E-state index in [0.29, 0.717) is 24.4 Å². The fraction of sp³-hybridized carbons (Fsp3) is 0.583. The van der Waals surface area contributed by atoms with Gasteiger partial charge in [0, 0.05) is 20.2 Å². The smallest absolute Gasteiger partial charge is 0.372 e. The van der Waals surface area contributed by atoms with Gasteiger partial charge in [0.2, 0.25) is 0 Å². The first-order chi connectivity index (χ1) is 10.4. The minimum atomic E-state index is -4.28. The summed E-state index contributed by atoms with van der Waals surface area (Å²) in [5.74, 6) is 0.623. The zero-order valence-electron chi connectivity index (χ0n) is 12.1. The molecule has 2 heterocycles. The van der Waals surface area contributed by atoms with Gasteiger partial charge >= 0.3 is 6.18 Å². The van der Waals surface area contributed by atoms with Crippen molar-refractivity contribution in [1.82, 2.24) is 19.7 Å². The quantitative estimate of drug-likeness (QED) is 0.619. The summed E-state index contributed by atoms with van der Waals surface area (Å²) >= 11 is 1.48. The van der Waals surface area contributed by atoms with Gasteiger partial charge in [0.25, 0.3) is 0 Å². The van der Waals surface area contributed by atoms with Gasteiger partial charge in [-0.25, -0.2) is 14.6 Å². The van der Waals surface area contributed by atoms with Crippen LogP contribution in [0.3, 0.4) is 0 Å². The van der Waals surface area contributed by atoms with E-state index >= 15 is 0 Å². The lowest BCUT2D eigenvalue weighted by Gasteiger charge is -2.09. The van der Waals surface area contributed by atoms with Crippen molar-refractivity contribution < 1.29 is 17.9 Å². The van der Waals surface area contributed by atoms with E-state index in [1.54, 1.807) is 11.7 Å². The maximum Gasteiger partial charge on any atom is 0.411 e. The summed E-state index contributed by atoms with van der Waals surface area (Å²) in [6, 6.07) is 0. The van der Waals surface area contributed by atoms with Crippen LogP contribution in [0.2, 0.25) is 0 Å². The van der Waals surface area contributed by atoms with Crippen molar-refractivity contribution in [3.05, 3.63) is 6.33 Å². The minimum absolute atomic E-state index is 0.0309. The lowest BCUT2D eigenvalue weighted by molar-refractivity contribution is -0.173. The fourth-order valence-electron chi connectivity index (χ4n) is 1.90. The number of aryl methyl sites for hydroxylation is 1. The molecule has 122 valence electrons. The van der Waals surface area contributed by atoms with Crippen molar-refractivity contribution in [3.8, 4) is 0 Å². The largest absolute Gasteiger partial charge is 0.411 e. The average Bonchev–Trinajstić information content (AvgIpc) is 2.79. The highest BCUT2D eigenvalue weighted by atomic mass is 32.2. The summed E-state index contributed by atoms with van der Waals surface area (Å²) in [4.78, 5) is 8.36. The van der Waals surface area contributed by atoms with Gasteiger partial charge < -0.3 is 10.1 Å². The summed E-state index contributed by atoms with van der Waals surface area (Å²) < 4.78 is 42.0. The first-order valence-corrected chi connectivity index (χ1v) is 7.75. The van der Waals surface area contributed by atoms with Crippen molar-refractivity contribution in [2.75, 3.05) is 31.3 Å². The van der Waals surface area contributed by atoms with Gasteiger partial charge in [-0.05, 0) is 12.7 Å². The number of aromatic nitrogens is 4. The number of anilines is 1. The topological polar surface area (TPSA) is 64.9 Å². The molecule has 0 saturated carbocycles. The van der Waals surface area contributed by atoms with Crippen LogP contribution < -0.4 is 5.32 Å². The number of nitrogens with zero attached hydrogens (tertiary/aromatic N) is 4. The van der Waals surface area contributed by atoms with E-state index in [9.17, 15) is 13.2 Å². The molecule has 2 aromatic heterocycles. The van der Waals surface area contributed by atoms with E-state index in [1.165, 1.54) is 18.1 Å². The lowest BCUT2D eigenvalue weighted by Crippen LogP contribution is -2.18. The molecule has 0 spiro atoms. The third-order valence-electron chi connectivity index (χ3n) is 2.81. The predicted molar refractivity (Wildman–Crippen MR) is 78.1 cm³/mol. The van der Waals surface area contributed by atoms with Crippen LogP contribution in [0.15, 0.2) is 11.4 Å². The molecule has 0 aliphatic heterocycles. The number of alkyl halides is 3. The number of ether oxygens (including phenoxy) is 1. The Morgan fingerprint density at radius 3 is 2.82 bits per heavy atom. The first kappa shape index (κ1) is 16.8. The van der Waals surface area contributed by atoms with Crippen LogP contribution in [0.4, 0.5) is 19.0 Å². The molecule has 0 unspecified atom stereocenters. The lowest BCUT2D eigenvalue weighted by atomic mass is 10.3. The van der Waals surface area contributed by atoms with Crippen molar-refractivity contribution in [2.24, 2.45) is 7.05 Å². The molecule has 1 N–H and O–H groups in total. The van der Waals surface area contributed by atoms with E-state index < -0.39 is 12.8 Å². The molecule has 22 heavy (non-hydrogen) atoms. The van der Waals surface area contributed by atoms with Crippen LogP contribution in [0.1, 0.15) is 6.42 Å². The van der Waals surface area contributed by atoms with Crippen molar-refractivity contribution in [2.45, 2.75) is 17.6 Å². The third-order valence-corrected chi connectivity index (χ3v) is 3.48. The van der Waals surface area contributed by atoms with E-state index in [4.69, 9.17) is 0 Å². The van der Waals surface area contributed by atoms with Gasteiger partial charge in [-0.15, -0.1) is 11.8 Å². The number of hydrogen-bond acceptors (Lipinski definition) is 6. The van der Waals surface area contributed by atoms with Crippen molar-refractivity contribution >= 4 is 28.6 Å². The summed E-state index contributed by atoms with van der Waals surface area (Å²) in [7, 11) is 1.80. The standard InChI is InChI=1S/C12H16F3N5OS/c1-20-10-8(11(19-20)22-2)9(17-7-18-10)16-4-3-5-21-6-12(13,14)15/h7H,3-6H2,1-2H3,(H,16,17,18). The van der Waals surface area contributed by atoms with Gasteiger partial charge in [-0.1, -0.05) is 0 Å². The summed E-state index contributed by atoms with van der Waals surface area (Å²) in [6.45, 7) is -0.736. The minimum Gasteiger partial charge on any atom is -0.372 e. The fourth-order valence-corrected chi connectivity index (χ4v) is 2.49. The maximum absolute atomic E-state index is 11.9. The average molecular weight is 335 g/mol. The van der Waals surface area contributed by atoms with Gasteiger partial charge in [-0.3, -0.25) is 0 Å². The van der Waals surface area contributed by atoms with E-state index in [-0.39, 0.29) is 6.61 Å².